The summed E-state index contributed by atoms with van der Waals surface area (Å²) in [6.45, 7) is 0.344. The van der Waals surface area contributed by atoms with Gasteiger partial charge in [-0.1, -0.05) is 99.2 Å². The van der Waals surface area contributed by atoms with Gasteiger partial charge in [-0.25, -0.2) is 0 Å². The fourth-order valence-corrected chi connectivity index (χ4v) is 5.47. The number of ether oxygens (including phenoxy) is 1. The van der Waals surface area contributed by atoms with E-state index in [0.29, 0.717) is 12.2 Å². The van der Waals surface area contributed by atoms with Crippen LogP contribution in [0.15, 0.2) is 60.7 Å². The summed E-state index contributed by atoms with van der Waals surface area (Å²) in [5.41, 5.74) is 0.809. The topological polar surface area (TPSA) is 80.7 Å². The SMILES string of the molecule is O=C(C(=O)C1(CCCCCC(O)CCCCCC2(C(=O)OCc3ccccc3)CC2)CC1)c1ccccc1. The number of esters is 1. The molecule has 2 saturated carbocycles. The van der Waals surface area contributed by atoms with Crippen molar-refractivity contribution < 1.29 is 24.2 Å². The molecule has 0 radical (unpaired) electrons. The Kier molecular flexibility index (Phi) is 9.90. The molecule has 0 heterocycles. The molecule has 2 fully saturated rings. The van der Waals surface area contributed by atoms with E-state index in [-0.39, 0.29) is 29.1 Å². The molecule has 4 rings (SSSR count). The second kappa shape index (κ2) is 13.3. The van der Waals surface area contributed by atoms with Crippen molar-refractivity contribution in [2.75, 3.05) is 0 Å². The van der Waals surface area contributed by atoms with Crippen LogP contribution in [0.25, 0.3) is 0 Å². The van der Waals surface area contributed by atoms with E-state index in [4.69, 9.17) is 4.74 Å². The van der Waals surface area contributed by atoms with Crippen LogP contribution >= 0.6 is 0 Å². The van der Waals surface area contributed by atoms with Gasteiger partial charge >= 0.3 is 5.97 Å². The van der Waals surface area contributed by atoms with Crippen molar-refractivity contribution in [1.82, 2.24) is 0 Å². The van der Waals surface area contributed by atoms with Crippen LogP contribution in [0.3, 0.4) is 0 Å². The first-order chi connectivity index (χ1) is 18.4. The lowest BCUT2D eigenvalue weighted by Crippen LogP contribution is -2.25. The molecule has 0 spiro atoms. The van der Waals surface area contributed by atoms with Gasteiger partial charge in [-0.3, -0.25) is 14.4 Å². The van der Waals surface area contributed by atoms with Crippen LogP contribution < -0.4 is 0 Å². The Morgan fingerprint density at radius 1 is 0.711 bits per heavy atom. The van der Waals surface area contributed by atoms with E-state index in [9.17, 15) is 19.5 Å². The molecule has 5 nitrogen and oxygen atoms in total. The van der Waals surface area contributed by atoms with Crippen molar-refractivity contribution in [3.05, 3.63) is 71.8 Å². The van der Waals surface area contributed by atoms with Crippen LogP contribution in [-0.4, -0.2) is 28.7 Å². The number of unbranched alkanes of at least 4 members (excludes halogenated alkanes) is 4. The Bertz CT molecular complexity index is 1050. The quantitative estimate of drug-likeness (QED) is 0.0994. The number of carbonyl (C=O) groups is 3. The van der Waals surface area contributed by atoms with E-state index >= 15 is 0 Å². The van der Waals surface area contributed by atoms with E-state index in [0.717, 1.165) is 95.5 Å². The number of hydrogen-bond acceptors (Lipinski definition) is 5. The van der Waals surface area contributed by atoms with Crippen molar-refractivity contribution in [3.8, 4) is 0 Å². The first kappa shape index (κ1) is 28.2. The van der Waals surface area contributed by atoms with E-state index in [2.05, 4.69) is 0 Å². The summed E-state index contributed by atoms with van der Waals surface area (Å²) >= 11 is 0. The highest BCUT2D eigenvalue weighted by atomic mass is 16.5. The van der Waals surface area contributed by atoms with Crippen molar-refractivity contribution in [3.63, 3.8) is 0 Å². The molecule has 5 heteroatoms. The molecule has 0 saturated heterocycles. The van der Waals surface area contributed by atoms with E-state index in [1.54, 1.807) is 24.3 Å². The number of aliphatic hydroxyl groups excluding tert-OH is 1. The summed E-state index contributed by atoms with van der Waals surface area (Å²) in [7, 11) is 0. The molecule has 0 aliphatic heterocycles. The summed E-state index contributed by atoms with van der Waals surface area (Å²) in [4.78, 5) is 37.8. The van der Waals surface area contributed by atoms with E-state index < -0.39 is 5.41 Å². The third-order valence-corrected chi connectivity index (χ3v) is 8.46. The highest BCUT2D eigenvalue weighted by Crippen LogP contribution is 2.52. The van der Waals surface area contributed by atoms with Crippen LogP contribution in [0.5, 0.6) is 0 Å². The van der Waals surface area contributed by atoms with E-state index in [1.165, 1.54) is 0 Å². The molecule has 2 aromatic carbocycles. The van der Waals surface area contributed by atoms with Crippen LogP contribution in [-0.2, 0) is 20.9 Å². The molecule has 0 amide bonds. The van der Waals surface area contributed by atoms with Crippen LogP contribution in [0.1, 0.15) is 106 Å². The monoisotopic (exact) mass is 518 g/mol. The Balaban J connectivity index is 1.02. The number of benzene rings is 2. The van der Waals surface area contributed by atoms with Crippen molar-refractivity contribution in [2.24, 2.45) is 10.8 Å². The average molecular weight is 519 g/mol. The Labute approximate surface area is 227 Å². The van der Waals surface area contributed by atoms with Crippen LogP contribution in [0.4, 0.5) is 0 Å². The predicted molar refractivity (Wildman–Crippen MR) is 148 cm³/mol. The smallest absolute Gasteiger partial charge is 0.312 e. The summed E-state index contributed by atoms with van der Waals surface area (Å²) < 4.78 is 5.57. The Morgan fingerprint density at radius 2 is 1.24 bits per heavy atom. The van der Waals surface area contributed by atoms with Crippen LogP contribution in [0, 0.1) is 10.8 Å². The molecule has 1 N–H and O–H groups in total. The van der Waals surface area contributed by atoms with Gasteiger partial charge in [0, 0.05) is 11.0 Å². The van der Waals surface area contributed by atoms with Crippen LogP contribution in [0.2, 0.25) is 0 Å². The van der Waals surface area contributed by atoms with E-state index in [1.807, 2.05) is 36.4 Å². The van der Waals surface area contributed by atoms with Gasteiger partial charge in [-0.2, -0.15) is 0 Å². The molecule has 2 aliphatic carbocycles. The van der Waals surface area contributed by atoms with Crippen molar-refractivity contribution in [2.45, 2.75) is 103 Å². The number of aliphatic hydroxyl groups is 1. The highest BCUT2D eigenvalue weighted by Gasteiger charge is 2.51. The molecule has 1 unspecified atom stereocenters. The second-order valence-corrected chi connectivity index (χ2v) is 11.5. The molecular weight excluding hydrogens is 476 g/mol. The first-order valence-electron chi connectivity index (χ1n) is 14.5. The maximum absolute atomic E-state index is 12.8. The summed E-state index contributed by atoms with van der Waals surface area (Å²) in [5.74, 6) is -0.628. The zero-order valence-corrected chi connectivity index (χ0v) is 22.5. The maximum atomic E-state index is 12.8. The molecule has 204 valence electrons. The maximum Gasteiger partial charge on any atom is 0.312 e. The fraction of sp³-hybridized carbons (Fsp3) is 0.545. The lowest BCUT2D eigenvalue weighted by atomic mass is 9.88. The molecule has 2 aromatic rings. The van der Waals surface area contributed by atoms with Gasteiger partial charge in [0.1, 0.15) is 6.61 Å². The summed E-state index contributed by atoms with van der Waals surface area (Å²) in [5, 5.41) is 10.4. The lowest BCUT2D eigenvalue weighted by Gasteiger charge is -2.15. The van der Waals surface area contributed by atoms with Gasteiger partial charge < -0.3 is 9.84 Å². The zero-order valence-electron chi connectivity index (χ0n) is 22.5. The minimum absolute atomic E-state index is 0.0551. The number of Topliss-reactive ketones (excluding diaryl/α,β-unsaturated/α-hetero) is 2. The number of ketones is 2. The fourth-order valence-electron chi connectivity index (χ4n) is 5.47. The molecular formula is C33H42O5. The molecule has 2 aliphatic rings. The number of rotatable bonds is 18. The number of hydrogen-bond donors (Lipinski definition) is 1. The van der Waals surface area contributed by atoms with Crippen molar-refractivity contribution in [1.29, 1.82) is 0 Å². The number of carbonyl (C=O) groups excluding carboxylic acids is 3. The Hall–Kier alpha value is -2.79. The molecule has 0 aromatic heterocycles. The molecule has 1 atom stereocenters. The van der Waals surface area contributed by atoms with Gasteiger partial charge in [0.05, 0.1) is 11.5 Å². The third-order valence-electron chi connectivity index (χ3n) is 8.46. The van der Waals surface area contributed by atoms with Gasteiger partial charge in [-0.05, 0) is 56.9 Å². The van der Waals surface area contributed by atoms with Gasteiger partial charge in [0.15, 0.2) is 0 Å². The van der Waals surface area contributed by atoms with Gasteiger partial charge in [0.2, 0.25) is 11.6 Å². The Morgan fingerprint density at radius 3 is 1.79 bits per heavy atom. The standard InChI is InChI=1S/C33H42O5/c34-28(17-9-3-11-19-32(21-22-32)30(36)29(35)27-15-7-2-8-16-27)18-10-4-12-20-33(23-24-33)31(37)38-25-26-13-5-1-6-14-26/h1-2,5-8,13-16,28,34H,3-4,9-12,17-25H2. The van der Waals surface area contributed by atoms with Gasteiger partial charge in [-0.15, -0.1) is 0 Å². The largest absolute Gasteiger partial charge is 0.460 e. The molecule has 0 bridgehead atoms. The summed E-state index contributed by atoms with van der Waals surface area (Å²) in [6.07, 6.45) is 12.2. The zero-order chi connectivity index (χ0) is 26.8. The van der Waals surface area contributed by atoms with Crippen molar-refractivity contribution >= 4 is 17.5 Å². The molecule has 38 heavy (non-hydrogen) atoms. The average Bonchev–Trinajstić information content (AvgIpc) is 3.88. The third kappa shape index (κ3) is 7.86. The normalized spacial score (nSPS) is 17.4. The second-order valence-electron chi connectivity index (χ2n) is 11.5. The first-order valence-corrected chi connectivity index (χ1v) is 14.5. The minimum atomic E-state index is -0.432. The lowest BCUT2D eigenvalue weighted by molar-refractivity contribution is -0.152. The summed E-state index contributed by atoms with van der Waals surface area (Å²) in [6, 6.07) is 18.6. The highest BCUT2D eigenvalue weighted by molar-refractivity contribution is 6.45. The minimum Gasteiger partial charge on any atom is -0.460 e. The predicted octanol–water partition coefficient (Wildman–Crippen LogP) is 7.00. The van der Waals surface area contributed by atoms with Gasteiger partial charge in [0.25, 0.3) is 0 Å².